The van der Waals surface area contributed by atoms with Crippen molar-refractivity contribution < 1.29 is 8.78 Å². The largest absolute Gasteiger partial charge is 0.207 e. The third-order valence-corrected chi connectivity index (χ3v) is 5.23. The van der Waals surface area contributed by atoms with E-state index in [1.165, 1.54) is 24.3 Å². The first kappa shape index (κ1) is 19.6. The van der Waals surface area contributed by atoms with Crippen LogP contribution in [0.2, 0.25) is 0 Å². The van der Waals surface area contributed by atoms with E-state index in [0.29, 0.717) is 0 Å². The molecule has 0 nitrogen and oxygen atoms in total. The van der Waals surface area contributed by atoms with E-state index in [1.807, 2.05) is 12.1 Å². The average molecular weight is 414 g/mol. The van der Waals surface area contributed by atoms with E-state index >= 15 is 0 Å². The molecule has 5 rings (SSSR count). The summed E-state index contributed by atoms with van der Waals surface area (Å²) in [7, 11) is 0. The fourth-order valence-electron chi connectivity index (χ4n) is 3.58. The van der Waals surface area contributed by atoms with Crippen molar-refractivity contribution in [3.05, 3.63) is 131 Å². The number of hydrogen-bond acceptors (Lipinski definition) is 0. The van der Waals surface area contributed by atoms with Crippen LogP contribution in [0.15, 0.2) is 97.1 Å². The molecule has 0 aliphatic rings. The van der Waals surface area contributed by atoms with Gasteiger partial charge in [-0.3, -0.25) is 0 Å². The summed E-state index contributed by atoms with van der Waals surface area (Å²) >= 11 is 0. The lowest BCUT2D eigenvalue weighted by Gasteiger charge is -2.05. The summed E-state index contributed by atoms with van der Waals surface area (Å²) in [5, 5.41) is 4.50. The quantitative estimate of drug-likeness (QED) is 0.188. The molecule has 5 aromatic rings. The van der Waals surface area contributed by atoms with Gasteiger partial charge in [0.15, 0.2) is 0 Å². The normalized spacial score (nSPS) is 10.3. The van der Waals surface area contributed by atoms with Crippen molar-refractivity contribution in [1.82, 2.24) is 0 Å². The molecule has 0 radical (unpaired) electrons. The third-order valence-electron chi connectivity index (χ3n) is 5.23. The van der Waals surface area contributed by atoms with Crippen molar-refractivity contribution >= 4 is 21.5 Å². The van der Waals surface area contributed by atoms with Crippen LogP contribution in [0.1, 0.15) is 22.3 Å². The Balaban J connectivity index is 1.46. The molecule has 0 aliphatic carbocycles. The van der Waals surface area contributed by atoms with E-state index in [9.17, 15) is 8.78 Å². The minimum atomic E-state index is -0.266. The molecule has 0 unspecified atom stereocenters. The van der Waals surface area contributed by atoms with Gasteiger partial charge >= 0.3 is 0 Å². The first-order valence-electron chi connectivity index (χ1n) is 10.2. The standard InChI is InChI=1S/C30H16F2/c31-27-13-5-21(6-14-27)1-3-23-9-17-29-25(19-23)11-12-26-20-24(10-18-30(26)29)4-2-22-7-15-28(32)16-8-22/h5-20H. The van der Waals surface area contributed by atoms with Crippen molar-refractivity contribution in [2.24, 2.45) is 0 Å². The molecule has 0 heterocycles. The molecule has 32 heavy (non-hydrogen) atoms. The van der Waals surface area contributed by atoms with E-state index in [0.717, 1.165) is 43.8 Å². The number of benzene rings is 5. The van der Waals surface area contributed by atoms with Gasteiger partial charge in [0, 0.05) is 22.3 Å². The first-order valence-corrected chi connectivity index (χ1v) is 10.2. The molecule has 0 aliphatic heterocycles. The van der Waals surface area contributed by atoms with Crippen LogP contribution in [0, 0.1) is 35.3 Å². The van der Waals surface area contributed by atoms with Gasteiger partial charge in [0.2, 0.25) is 0 Å². The molecule has 2 heteroatoms. The number of rotatable bonds is 0. The maximum absolute atomic E-state index is 13.0. The van der Waals surface area contributed by atoms with Crippen LogP contribution in [0.5, 0.6) is 0 Å². The van der Waals surface area contributed by atoms with E-state index < -0.39 is 0 Å². The van der Waals surface area contributed by atoms with Crippen molar-refractivity contribution in [1.29, 1.82) is 0 Å². The third kappa shape index (κ3) is 4.22. The van der Waals surface area contributed by atoms with Gasteiger partial charge in [0.1, 0.15) is 11.6 Å². The van der Waals surface area contributed by atoms with Crippen molar-refractivity contribution in [3.8, 4) is 23.7 Å². The molecule has 0 atom stereocenters. The van der Waals surface area contributed by atoms with Crippen LogP contribution in [-0.2, 0) is 0 Å². The lowest BCUT2D eigenvalue weighted by molar-refractivity contribution is 0.627. The number of halogens is 2. The molecule has 0 saturated heterocycles. The van der Waals surface area contributed by atoms with Crippen molar-refractivity contribution in [2.75, 3.05) is 0 Å². The van der Waals surface area contributed by atoms with E-state index in [1.54, 1.807) is 24.3 Å². The van der Waals surface area contributed by atoms with Crippen LogP contribution >= 0.6 is 0 Å². The Kier molecular flexibility index (Phi) is 5.12. The van der Waals surface area contributed by atoms with E-state index in [2.05, 4.69) is 60.1 Å². The number of fused-ring (bicyclic) bond motifs is 3. The second-order valence-electron chi connectivity index (χ2n) is 7.45. The summed E-state index contributed by atoms with van der Waals surface area (Å²) in [6, 6.07) is 28.8. The highest BCUT2D eigenvalue weighted by atomic mass is 19.1. The molecule has 5 aromatic carbocycles. The van der Waals surface area contributed by atoms with Gasteiger partial charge < -0.3 is 0 Å². The van der Waals surface area contributed by atoms with E-state index in [-0.39, 0.29) is 11.6 Å². The minimum Gasteiger partial charge on any atom is -0.207 e. The van der Waals surface area contributed by atoms with Crippen LogP contribution in [0.3, 0.4) is 0 Å². The Hall–Kier alpha value is -4.40. The SMILES string of the molecule is Fc1ccc(C#Cc2ccc3c(ccc4cc(C#Cc5ccc(F)cc5)ccc43)c2)cc1. The summed E-state index contributed by atoms with van der Waals surface area (Å²) in [4.78, 5) is 0. The van der Waals surface area contributed by atoms with Gasteiger partial charge in [-0.2, -0.15) is 0 Å². The molecule has 0 spiro atoms. The lowest BCUT2D eigenvalue weighted by Crippen LogP contribution is -1.83. The second kappa shape index (κ2) is 8.38. The minimum absolute atomic E-state index is 0.266. The monoisotopic (exact) mass is 414 g/mol. The van der Waals surface area contributed by atoms with Crippen LogP contribution in [-0.4, -0.2) is 0 Å². The Morgan fingerprint density at radius 1 is 0.375 bits per heavy atom. The Morgan fingerprint density at radius 3 is 1.12 bits per heavy atom. The fourth-order valence-corrected chi connectivity index (χ4v) is 3.58. The Morgan fingerprint density at radius 2 is 0.719 bits per heavy atom. The van der Waals surface area contributed by atoms with Gasteiger partial charge in [-0.25, -0.2) is 8.78 Å². The summed E-state index contributed by atoms with van der Waals surface area (Å²) < 4.78 is 26.1. The molecular weight excluding hydrogens is 398 g/mol. The smallest absolute Gasteiger partial charge is 0.123 e. The molecule has 0 bridgehead atoms. The maximum atomic E-state index is 13.0. The van der Waals surface area contributed by atoms with Gasteiger partial charge in [-0.1, -0.05) is 47.9 Å². The van der Waals surface area contributed by atoms with Gasteiger partial charge in [0.25, 0.3) is 0 Å². The maximum Gasteiger partial charge on any atom is 0.123 e. The first-order chi connectivity index (χ1) is 15.6. The lowest BCUT2D eigenvalue weighted by atomic mass is 9.98. The van der Waals surface area contributed by atoms with Crippen LogP contribution in [0.25, 0.3) is 21.5 Å². The highest BCUT2D eigenvalue weighted by Gasteiger charge is 2.02. The molecule has 0 aromatic heterocycles. The summed E-state index contributed by atoms with van der Waals surface area (Å²) in [6.45, 7) is 0. The Bertz CT molecular complexity index is 1450. The molecule has 0 amide bonds. The molecule has 150 valence electrons. The van der Waals surface area contributed by atoms with Gasteiger partial charge in [-0.05, 0) is 94.3 Å². The summed E-state index contributed by atoms with van der Waals surface area (Å²) in [6.07, 6.45) is 0. The second-order valence-corrected chi connectivity index (χ2v) is 7.45. The van der Waals surface area contributed by atoms with Crippen LogP contribution < -0.4 is 0 Å². The topological polar surface area (TPSA) is 0 Å². The van der Waals surface area contributed by atoms with Gasteiger partial charge in [-0.15, -0.1) is 0 Å². The fraction of sp³-hybridized carbons (Fsp3) is 0. The number of hydrogen-bond donors (Lipinski definition) is 0. The van der Waals surface area contributed by atoms with E-state index in [4.69, 9.17) is 0 Å². The Labute approximate surface area is 185 Å². The highest BCUT2D eigenvalue weighted by molar-refractivity contribution is 6.08. The van der Waals surface area contributed by atoms with Crippen molar-refractivity contribution in [2.45, 2.75) is 0 Å². The predicted molar refractivity (Wildman–Crippen MR) is 126 cm³/mol. The van der Waals surface area contributed by atoms with Crippen LogP contribution in [0.4, 0.5) is 8.78 Å². The summed E-state index contributed by atoms with van der Waals surface area (Å²) in [5.74, 6) is 11.9. The highest BCUT2D eigenvalue weighted by Crippen LogP contribution is 2.27. The zero-order valence-corrected chi connectivity index (χ0v) is 17.0. The summed E-state index contributed by atoms with van der Waals surface area (Å²) in [5.41, 5.74) is 3.37. The average Bonchev–Trinajstić information content (AvgIpc) is 2.83. The molecule has 0 saturated carbocycles. The molecule has 0 N–H and O–H groups in total. The molecule has 0 fully saturated rings. The zero-order chi connectivity index (χ0) is 21.9. The predicted octanol–water partition coefficient (Wildman–Crippen LogP) is 7.07. The van der Waals surface area contributed by atoms with Gasteiger partial charge in [0.05, 0.1) is 0 Å². The van der Waals surface area contributed by atoms with Crippen molar-refractivity contribution in [3.63, 3.8) is 0 Å². The molecular formula is C30H16F2. The zero-order valence-electron chi connectivity index (χ0n) is 17.0.